The molecule has 0 spiro atoms. The Morgan fingerprint density at radius 3 is 2.45 bits per heavy atom. The van der Waals surface area contributed by atoms with Crippen molar-refractivity contribution < 1.29 is 9.18 Å². The number of nitrogens with one attached hydrogen (secondary N) is 3. The molecule has 1 saturated carbocycles. The zero-order chi connectivity index (χ0) is 20.9. The van der Waals surface area contributed by atoms with Crippen molar-refractivity contribution in [2.24, 2.45) is 10.9 Å². The smallest absolute Gasteiger partial charge is 0.226 e. The summed E-state index contributed by atoms with van der Waals surface area (Å²) in [6.07, 6.45) is 2.09. The zero-order valence-corrected chi connectivity index (χ0v) is 17.3. The van der Waals surface area contributed by atoms with Crippen LogP contribution in [0, 0.1) is 11.7 Å². The highest BCUT2D eigenvalue weighted by Gasteiger charge is 2.44. The molecule has 154 valence electrons. The molecule has 1 amide bonds. The van der Waals surface area contributed by atoms with E-state index in [0.717, 1.165) is 36.2 Å². The van der Waals surface area contributed by atoms with Gasteiger partial charge in [0.1, 0.15) is 5.82 Å². The third-order valence-corrected chi connectivity index (χ3v) is 5.31. The Kier molecular flexibility index (Phi) is 6.52. The third kappa shape index (κ3) is 5.56. The molecule has 3 rings (SSSR count). The monoisotopic (exact) mass is 396 g/mol. The number of guanidine groups is 1. The first-order chi connectivity index (χ1) is 13.9. The fourth-order valence-corrected chi connectivity index (χ4v) is 3.19. The molecule has 0 saturated heterocycles. The van der Waals surface area contributed by atoms with Crippen molar-refractivity contribution in [3.8, 4) is 0 Å². The largest absolute Gasteiger partial charge is 0.356 e. The van der Waals surface area contributed by atoms with Gasteiger partial charge in [-0.2, -0.15) is 0 Å². The van der Waals surface area contributed by atoms with Crippen molar-refractivity contribution in [2.75, 3.05) is 18.9 Å². The average molecular weight is 397 g/mol. The van der Waals surface area contributed by atoms with Crippen molar-refractivity contribution in [2.45, 2.75) is 38.6 Å². The molecular weight excluding hydrogens is 367 g/mol. The van der Waals surface area contributed by atoms with Crippen LogP contribution in [0.15, 0.2) is 53.5 Å². The second-order valence-electron chi connectivity index (χ2n) is 7.91. The van der Waals surface area contributed by atoms with Crippen molar-refractivity contribution in [3.05, 3.63) is 65.5 Å². The normalized spacial score (nSPS) is 15.1. The number of aliphatic imine (C=N–C) groups is 1. The SMILES string of the molecule is CN=C(NCc1ccc(NC(=O)C(C)C)cc1)NCC1(c2cccc(F)c2)CC1. The number of carbonyl (C=O) groups is 1. The minimum Gasteiger partial charge on any atom is -0.356 e. The van der Waals surface area contributed by atoms with Gasteiger partial charge in [0.05, 0.1) is 0 Å². The van der Waals surface area contributed by atoms with Gasteiger partial charge in [0, 0.05) is 37.2 Å². The molecule has 0 aliphatic heterocycles. The first-order valence-electron chi connectivity index (χ1n) is 10.0. The summed E-state index contributed by atoms with van der Waals surface area (Å²) in [5.74, 6) is 0.481. The lowest BCUT2D eigenvalue weighted by atomic mass is 9.96. The van der Waals surface area contributed by atoms with Gasteiger partial charge in [0.15, 0.2) is 5.96 Å². The lowest BCUT2D eigenvalue weighted by Crippen LogP contribution is -2.40. The van der Waals surface area contributed by atoms with E-state index in [0.29, 0.717) is 12.5 Å². The quantitative estimate of drug-likeness (QED) is 0.492. The molecule has 6 heteroatoms. The second kappa shape index (κ2) is 9.07. The Morgan fingerprint density at radius 2 is 1.86 bits per heavy atom. The van der Waals surface area contributed by atoms with E-state index in [1.807, 2.05) is 44.2 Å². The molecule has 0 bridgehead atoms. The van der Waals surface area contributed by atoms with Gasteiger partial charge in [-0.05, 0) is 48.2 Å². The average Bonchev–Trinajstić information content (AvgIpc) is 3.50. The second-order valence-corrected chi connectivity index (χ2v) is 7.91. The Bertz CT molecular complexity index is 873. The Hall–Kier alpha value is -2.89. The summed E-state index contributed by atoms with van der Waals surface area (Å²) in [7, 11) is 1.74. The number of benzene rings is 2. The van der Waals surface area contributed by atoms with Gasteiger partial charge < -0.3 is 16.0 Å². The summed E-state index contributed by atoms with van der Waals surface area (Å²) < 4.78 is 13.6. The highest BCUT2D eigenvalue weighted by molar-refractivity contribution is 5.92. The molecule has 0 atom stereocenters. The molecule has 2 aromatic rings. The first kappa shape index (κ1) is 20.8. The topological polar surface area (TPSA) is 65.5 Å². The minimum atomic E-state index is -0.190. The van der Waals surface area contributed by atoms with Crippen LogP contribution < -0.4 is 16.0 Å². The lowest BCUT2D eigenvalue weighted by molar-refractivity contribution is -0.118. The van der Waals surface area contributed by atoms with Crippen LogP contribution in [-0.4, -0.2) is 25.5 Å². The van der Waals surface area contributed by atoms with E-state index < -0.39 is 0 Å². The standard InChI is InChI=1S/C23H29FN4O/c1-16(2)21(29)28-20-9-7-17(8-10-20)14-26-22(25-3)27-15-23(11-12-23)18-5-4-6-19(24)13-18/h4-10,13,16H,11-12,14-15H2,1-3H3,(H,28,29)(H2,25,26,27). The van der Waals surface area contributed by atoms with Crippen LogP contribution in [0.3, 0.4) is 0 Å². The predicted octanol–water partition coefficient (Wildman–Crippen LogP) is 3.82. The minimum absolute atomic E-state index is 0.00398. The summed E-state index contributed by atoms with van der Waals surface area (Å²) >= 11 is 0. The van der Waals surface area contributed by atoms with Gasteiger partial charge in [-0.3, -0.25) is 9.79 Å². The van der Waals surface area contributed by atoms with Crippen molar-refractivity contribution in [1.82, 2.24) is 10.6 Å². The van der Waals surface area contributed by atoms with Gasteiger partial charge in [0.2, 0.25) is 5.91 Å². The van der Waals surface area contributed by atoms with Crippen LogP contribution in [0.4, 0.5) is 10.1 Å². The molecule has 0 radical (unpaired) electrons. The van der Waals surface area contributed by atoms with E-state index in [2.05, 4.69) is 20.9 Å². The molecular formula is C23H29FN4O. The molecule has 0 heterocycles. The maximum absolute atomic E-state index is 13.6. The van der Waals surface area contributed by atoms with Crippen LogP contribution >= 0.6 is 0 Å². The van der Waals surface area contributed by atoms with Crippen LogP contribution in [0.2, 0.25) is 0 Å². The van der Waals surface area contributed by atoms with E-state index in [1.165, 1.54) is 6.07 Å². The molecule has 1 fully saturated rings. The lowest BCUT2D eigenvalue weighted by Gasteiger charge is -2.19. The fourth-order valence-electron chi connectivity index (χ4n) is 3.19. The maximum Gasteiger partial charge on any atom is 0.226 e. The molecule has 29 heavy (non-hydrogen) atoms. The Labute approximate surface area is 171 Å². The maximum atomic E-state index is 13.6. The summed E-state index contributed by atoms with van der Waals surface area (Å²) in [6.45, 7) is 5.07. The third-order valence-electron chi connectivity index (χ3n) is 5.31. The van der Waals surface area contributed by atoms with Crippen LogP contribution in [-0.2, 0) is 16.8 Å². The van der Waals surface area contributed by atoms with Gasteiger partial charge in [-0.15, -0.1) is 0 Å². The van der Waals surface area contributed by atoms with Gasteiger partial charge in [0.25, 0.3) is 0 Å². The molecule has 0 unspecified atom stereocenters. The number of hydrogen-bond acceptors (Lipinski definition) is 2. The predicted molar refractivity (Wildman–Crippen MR) is 115 cm³/mol. The molecule has 5 nitrogen and oxygen atoms in total. The molecule has 2 aromatic carbocycles. The fraction of sp³-hybridized carbons (Fsp3) is 0.391. The number of halogens is 1. The van der Waals surface area contributed by atoms with Crippen LogP contribution in [0.25, 0.3) is 0 Å². The molecule has 1 aliphatic carbocycles. The van der Waals surface area contributed by atoms with Gasteiger partial charge in [-0.1, -0.05) is 38.1 Å². The van der Waals surface area contributed by atoms with E-state index in [4.69, 9.17) is 0 Å². The Balaban J connectivity index is 1.50. The summed E-state index contributed by atoms with van der Waals surface area (Å²) in [6, 6.07) is 14.6. The van der Waals surface area contributed by atoms with Crippen LogP contribution in [0.5, 0.6) is 0 Å². The zero-order valence-electron chi connectivity index (χ0n) is 17.3. The molecule has 1 aliphatic rings. The van der Waals surface area contributed by atoms with E-state index >= 15 is 0 Å². The molecule has 3 N–H and O–H groups in total. The Morgan fingerprint density at radius 1 is 1.14 bits per heavy atom. The van der Waals surface area contributed by atoms with Crippen LogP contribution in [0.1, 0.15) is 37.8 Å². The highest BCUT2D eigenvalue weighted by Crippen LogP contribution is 2.47. The van der Waals surface area contributed by atoms with E-state index in [-0.39, 0.29) is 23.1 Å². The summed E-state index contributed by atoms with van der Waals surface area (Å²) in [5.41, 5.74) is 2.91. The number of amides is 1. The van der Waals surface area contributed by atoms with Crippen molar-refractivity contribution in [3.63, 3.8) is 0 Å². The van der Waals surface area contributed by atoms with E-state index in [9.17, 15) is 9.18 Å². The highest BCUT2D eigenvalue weighted by atomic mass is 19.1. The number of nitrogens with zero attached hydrogens (tertiary/aromatic N) is 1. The summed E-state index contributed by atoms with van der Waals surface area (Å²) in [5, 5.41) is 9.56. The van der Waals surface area contributed by atoms with Crippen molar-refractivity contribution >= 4 is 17.6 Å². The van der Waals surface area contributed by atoms with Crippen molar-refractivity contribution in [1.29, 1.82) is 0 Å². The van der Waals surface area contributed by atoms with E-state index in [1.54, 1.807) is 19.2 Å². The first-order valence-corrected chi connectivity index (χ1v) is 10.0. The van der Waals surface area contributed by atoms with Gasteiger partial charge in [-0.25, -0.2) is 4.39 Å². The number of carbonyl (C=O) groups excluding carboxylic acids is 1. The van der Waals surface area contributed by atoms with Gasteiger partial charge >= 0.3 is 0 Å². The molecule has 0 aromatic heterocycles. The number of anilines is 1. The number of rotatable bonds is 7. The summed E-state index contributed by atoms with van der Waals surface area (Å²) in [4.78, 5) is 16.0. The number of hydrogen-bond donors (Lipinski definition) is 3.